The molecule has 0 amide bonds. The number of hydrogen-bond acceptors (Lipinski definition) is 4. The first-order chi connectivity index (χ1) is 9.72. The van der Waals surface area contributed by atoms with Crippen molar-refractivity contribution >= 4 is 16.7 Å². The van der Waals surface area contributed by atoms with E-state index in [9.17, 15) is 10.1 Å². The second kappa shape index (κ2) is 5.05. The van der Waals surface area contributed by atoms with Crippen LogP contribution in [0, 0.1) is 10.1 Å². The largest absolute Gasteiger partial charge is 0.486 e. The summed E-state index contributed by atoms with van der Waals surface area (Å²) >= 11 is 0. The number of furan rings is 1. The first kappa shape index (κ1) is 12.2. The fraction of sp³-hybridized carbons (Fsp3) is 0.0667. The number of fused-ring (bicyclic) bond motifs is 1. The molecule has 0 unspecified atom stereocenters. The Morgan fingerprint density at radius 3 is 2.55 bits per heavy atom. The zero-order chi connectivity index (χ0) is 13.9. The molecule has 100 valence electrons. The van der Waals surface area contributed by atoms with Crippen LogP contribution in [0.3, 0.4) is 0 Å². The van der Waals surface area contributed by atoms with Crippen molar-refractivity contribution in [3.8, 4) is 5.75 Å². The summed E-state index contributed by atoms with van der Waals surface area (Å²) in [7, 11) is 0. The van der Waals surface area contributed by atoms with Gasteiger partial charge in [0, 0.05) is 17.5 Å². The minimum absolute atomic E-state index is 0.0427. The van der Waals surface area contributed by atoms with Crippen LogP contribution in [-0.2, 0) is 6.61 Å². The lowest BCUT2D eigenvalue weighted by atomic mass is 10.2. The third-order valence-corrected chi connectivity index (χ3v) is 2.91. The number of nitrogens with zero attached hydrogens (tertiary/aromatic N) is 1. The molecule has 0 spiro atoms. The minimum Gasteiger partial charge on any atom is -0.486 e. The van der Waals surface area contributed by atoms with E-state index in [-0.39, 0.29) is 12.3 Å². The van der Waals surface area contributed by atoms with E-state index in [1.54, 1.807) is 12.1 Å². The van der Waals surface area contributed by atoms with E-state index >= 15 is 0 Å². The van der Waals surface area contributed by atoms with Crippen LogP contribution in [0.5, 0.6) is 5.75 Å². The summed E-state index contributed by atoms with van der Waals surface area (Å²) in [6.07, 6.45) is 0. The Kier molecular flexibility index (Phi) is 3.09. The maximum Gasteiger partial charge on any atom is 0.269 e. The van der Waals surface area contributed by atoms with Gasteiger partial charge < -0.3 is 9.15 Å². The van der Waals surface area contributed by atoms with E-state index < -0.39 is 4.92 Å². The number of hydrogen-bond donors (Lipinski definition) is 0. The Balaban J connectivity index is 1.71. The van der Waals surface area contributed by atoms with Crippen molar-refractivity contribution in [2.75, 3.05) is 0 Å². The van der Waals surface area contributed by atoms with Crippen molar-refractivity contribution < 1.29 is 14.1 Å². The maximum atomic E-state index is 10.5. The number of nitro benzene ring substituents is 1. The van der Waals surface area contributed by atoms with Crippen LogP contribution in [0.4, 0.5) is 5.69 Å². The normalized spacial score (nSPS) is 10.6. The van der Waals surface area contributed by atoms with Gasteiger partial charge in [-0.25, -0.2) is 0 Å². The third kappa shape index (κ3) is 2.47. The number of benzene rings is 2. The number of nitro groups is 1. The fourth-order valence-electron chi connectivity index (χ4n) is 1.93. The molecular weight excluding hydrogens is 258 g/mol. The molecule has 0 saturated heterocycles. The van der Waals surface area contributed by atoms with Crippen molar-refractivity contribution in [3.05, 3.63) is 70.5 Å². The maximum absolute atomic E-state index is 10.5. The molecule has 0 saturated carbocycles. The minimum atomic E-state index is -0.441. The first-order valence-corrected chi connectivity index (χ1v) is 6.07. The molecular formula is C15H11NO4. The van der Waals surface area contributed by atoms with Crippen LogP contribution in [0.15, 0.2) is 59.0 Å². The molecule has 0 N–H and O–H groups in total. The van der Waals surface area contributed by atoms with Crippen LogP contribution < -0.4 is 4.74 Å². The highest BCUT2D eigenvalue weighted by Crippen LogP contribution is 2.22. The van der Waals surface area contributed by atoms with Gasteiger partial charge in [-0.15, -0.1) is 0 Å². The van der Waals surface area contributed by atoms with Gasteiger partial charge in [-0.2, -0.15) is 0 Å². The quantitative estimate of drug-likeness (QED) is 0.532. The van der Waals surface area contributed by atoms with E-state index in [4.69, 9.17) is 9.15 Å². The Morgan fingerprint density at radius 2 is 1.85 bits per heavy atom. The molecule has 0 atom stereocenters. The lowest BCUT2D eigenvalue weighted by Crippen LogP contribution is -1.94. The summed E-state index contributed by atoms with van der Waals surface area (Å²) in [5.41, 5.74) is 0.857. The van der Waals surface area contributed by atoms with E-state index in [2.05, 4.69) is 0 Å². The Hall–Kier alpha value is -2.82. The Labute approximate surface area is 114 Å². The highest BCUT2D eigenvalue weighted by Gasteiger charge is 2.06. The lowest BCUT2D eigenvalue weighted by molar-refractivity contribution is -0.384. The predicted molar refractivity (Wildman–Crippen MR) is 73.6 cm³/mol. The first-order valence-electron chi connectivity index (χ1n) is 6.07. The van der Waals surface area contributed by atoms with Crippen LogP contribution in [0.2, 0.25) is 0 Å². The van der Waals surface area contributed by atoms with Crippen molar-refractivity contribution in [1.29, 1.82) is 0 Å². The molecule has 0 fully saturated rings. The SMILES string of the molecule is O=[N+]([O-])c1ccc(OCc2cc3ccccc3o2)cc1. The second-order valence-corrected chi connectivity index (χ2v) is 4.29. The van der Waals surface area contributed by atoms with Crippen molar-refractivity contribution in [1.82, 2.24) is 0 Å². The molecule has 3 rings (SSSR count). The summed E-state index contributed by atoms with van der Waals surface area (Å²) in [6, 6.07) is 15.6. The van der Waals surface area contributed by atoms with Crippen molar-refractivity contribution in [2.45, 2.75) is 6.61 Å². The lowest BCUT2D eigenvalue weighted by Gasteiger charge is -2.03. The van der Waals surface area contributed by atoms with Gasteiger partial charge in [0.2, 0.25) is 0 Å². The highest BCUT2D eigenvalue weighted by molar-refractivity contribution is 5.77. The topological polar surface area (TPSA) is 65.5 Å². The molecule has 0 aliphatic heterocycles. The molecule has 5 nitrogen and oxygen atoms in total. The molecule has 3 aromatic rings. The van der Waals surface area contributed by atoms with Gasteiger partial charge in [0.05, 0.1) is 4.92 Å². The molecule has 1 aromatic heterocycles. The number of rotatable bonds is 4. The van der Waals surface area contributed by atoms with Crippen LogP contribution >= 0.6 is 0 Å². The molecule has 0 radical (unpaired) electrons. The summed E-state index contributed by atoms with van der Waals surface area (Å²) in [4.78, 5) is 10.1. The zero-order valence-corrected chi connectivity index (χ0v) is 10.5. The number of para-hydroxylation sites is 1. The van der Waals surface area contributed by atoms with Crippen LogP contribution in [-0.4, -0.2) is 4.92 Å². The van der Waals surface area contributed by atoms with Crippen LogP contribution in [0.1, 0.15) is 5.76 Å². The molecule has 0 aliphatic carbocycles. The number of non-ortho nitro benzene ring substituents is 1. The monoisotopic (exact) mass is 269 g/mol. The van der Waals surface area contributed by atoms with E-state index in [1.807, 2.05) is 30.3 Å². The smallest absolute Gasteiger partial charge is 0.269 e. The highest BCUT2D eigenvalue weighted by atomic mass is 16.6. The zero-order valence-electron chi connectivity index (χ0n) is 10.5. The van der Waals surface area contributed by atoms with Crippen molar-refractivity contribution in [2.24, 2.45) is 0 Å². The second-order valence-electron chi connectivity index (χ2n) is 4.29. The summed E-state index contributed by atoms with van der Waals surface area (Å²) in [6.45, 7) is 0.284. The van der Waals surface area contributed by atoms with E-state index in [0.717, 1.165) is 11.0 Å². The summed E-state index contributed by atoms with van der Waals surface area (Å²) in [5.74, 6) is 1.28. The molecule has 2 aromatic carbocycles. The number of ether oxygens (including phenoxy) is 1. The van der Waals surface area contributed by atoms with Gasteiger partial charge in [0.25, 0.3) is 5.69 Å². The molecule has 5 heteroatoms. The average Bonchev–Trinajstić information content (AvgIpc) is 2.88. The summed E-state index contributed by atoms with van der Waals surface area (Å²) in [5, 5.41) is 11.6. The average molecular weight is 269 g/mol. The third-order valence-electron chi connectivity index (χ3n) is 2.91. The molecule has 20 heavy (non-hydrogen) atoms. The predicted octanol–water partition coefficient (Wildman–Crippen LogP) is 3.92. The van der Waals surface area contributed by atoms with Crippen molar-refractivity contribution in [3.63, 3.8) is 0 Å². The Morgan fingerprint density at radius 1 is 1.10 bits per heavy atom. The van der Waals surface area contributed by atoms with Gasteiger partial charge in [-0.1, -0.05) is 18.2 Å². The van der Waals surface area contributed by atoms with Gasteiger partial charge in [-0.3, -0.25) is 10.1 Å². The molecule has 1 heterocycles. The Bertz CT molecular complexity index is 713. The van der Waals surface area contributed by atoms with Gasteiger partial charge in [-0.05, 0) is 24.3 Å². The fourth-order valence-corrected chi connectivity index (χ4v) is 1.93. The van der Waals surface area contributed by atoms with E-state index in [1.165, 1.54) is 12.1 Å². The standard InChI is InChI=1S/C15H11NO4/c17-16(18)12-5-7-13(8-6-12)19-10-14-9-11-3-1-2-4-15(11)20-14/h1-9H,10H2. The van der Waals surface area contributed by atoms with E-state index in [0.29, 0.717) is 11.5 Å². The summed E-state index contributed by atoms with van der Waals surface area (Å²) < 4.78 is 11.2. The van der Waals surface area contributed by atoms with Gasteiger partial charge in [0.15, 0.2) is 0 Å². The van der Waals surface area contributed by atoms with Gasteiger partial charge >= 0.3 is 0 Å². The van der Waals surface area contributed by atoms with Gasteiger partial charge in [0.1, 0.15) is 23.7 Å². The van der Waals surface area contributed by atoms with Crippen LogP contribution in [0.25, 0.3) is 11.0 Å². The molecule has 0 aliphatic rings. The molecule has 0 bridgehead atoms.